The van der Waals surface area contributed by atoms with Crippen LogP contribution in [0.4, 0.5) is 11.4 Å². The molecule has 0 heterocycles. The van der Waals surface area contributed by atoms with Gasteiger partial charge in [0, 0.05) is 28.9 Å². The molecule has 9 heteroatoms. The molecule has 0 spiro atoms. The smallest absolute Gasteiger partial charge is 0.326 e. The lowest BCUT2D eigenvalue weighted by Crippen LogP contribution is -2.35. The Morgan fingerprint density at radius 3 is 2.03 bits per heavy atom. The van der Waals surface area contributed by atoms with E-state index in [9.17, 15) is 19.2 Å². The molecule has 0 aromatic heterocycles. The number of hydrogen-bond acceptors (Lipinski definition) is 5. The molecule has 0 saturated heterocycles. The summed E-state index contributed by atoms with van der Waals surface area (Å²) < 4.78 is 5.02. The monoisotopic (exact) mass is 417 g/mol. The number of ether oxygens (including phenoxy) is 1. The molecular weight excluding hydrogens is 398 g/mol. The van der Waals surface area contributed by atoms with Gasteiger partial charge in [0.05, 0.1) is 0 Å². The Balaban J connectivity index is 1.79. The predicted molar refractivity (Wildman–Crippen MR) is 109 cm³/mol. The molecule has 3 amide bonds. The molecule has 0 bridgehead atoms. The number of rotatable bonds is 7. The molecule has 0 aliphatic carbocycles. The number of amides is 3. The molecule has 0 radical (unpaired) electrons. The summed E-state index contributed by atoms with van der Waals surface area (Å²) in [6.07, 6.45) is -1.06. The van der Waals surface area contributed by atoms with Crippen molar-refractivity contribution in [1.82, 2.24) is 5.32 Å². The second kappa shape index (κ2) is 10.2. The summed E-state index contributed by atoms with van der Waals surface area (Å²) in [5.41, 5.74) is 1.41. The van der Waals surface area contributed by atoms with E-state index in [2.05, 4.69) is 16.0 Å². The van der Waals surface area contributed by atoms with Gasteiger partial charge in [-0.2, -0.15) is 0 Å². The standard InChI is InChI=1S/C20H20ClN3O5/c1-12(19(27)24-17-9-7-16(8-10-17)23-13(2)25)29-18(26)11-22-20(28)14-3-5-15(21)6-4-14/h3-10,12H,11H2,1-2H3,(H,22,28)(H,23,25)(H,24,27)/t12-/m0/s1. The van der Waals surface area contributed by atoms with Crippen LogP contribution in [0.15, 0.2) is 48.5 Å². The van der Waals surface area contributed by atoms with E-state index in [1.807, 2.05) is 0 Å². The van der Waals surface area contributed by atoms with Crippen molar-refractivity contribution in [3.63, 3.8) is 0 Å². The van der Waals surface area contributed by atoms with Gasteiger partial charge in [0.25, 0.3) is 11.8 Å². The number of benzene rings is 2. The maximum absolute atomic E-state index is 12.1. The lowest BCUT2D eigenvalue weighted by Gasteiger charge is -2.14. The first-order valence-corrected chi connectivity index (χ1v) is 9.04. The average molecular weight is 418 g/mol. The number of anilines is 2. The third kappa shape index (κ3) is 7.27. The Hall–Kier alpha value is -3.39. The molecule has 0 saturated carbocycles. The van der Waals surface area contributed by atoms with Crippen molar-refractivity contribution in [2.75, 3.05) is 17.2 Å². The molecule has 3 N–H and O–H groups in total. The first kappa shape index (κ1) is 21.9. The normalized spacial score (nSPS) is 11.1. The van der Waals surface area contributed by atoms with Gasteiger partial charge in [-0.3, -0.25) is 19.2 Å². The maximum Gasteiger partial charge on any atom is 0.326 e. The number of halogens is 1. The summed E-state index contributed by atoms with van der Waals surface area (Å²) in [7, 11) is 0. The van der Waals surface area contributed by atoms with Crippen LogP contribution >= 0.6 is 11.6 Å². The highest BCUT2D eigenvalue weighted by Crippen LogP contribution is 2.14. The largest absolute Gasteiger partial charge is 0.451 e. The molecule has 1 atom stereocenters. The highest BCUT2D eigenvalue weighted by Gasteiger charge is 2.18. The SMILES string of the molecule is CC(=O)Nc1ccc(NC(=O)[C@H](C)OC(=O)CNC(=O)c2ccc(Cl)cc2)cc1. The molecule has 152 valence electrons. The van der Waals surface area contributed by atoms with E-state index >= 15 is 0 Å². The van der Waals surface area contributed by atoms with E-state index < -0.39 is 23.9 Å². The molecule has 0 aliphatic heterocycles. The molecule has 2 rings (SSSR count). The summed E-state index contributed by atoms with van der Waals surface area (Å²) in [5.74, 6) is -1.95. The van der Waals surface area contributed by atoms with Crippen LogP contribution in [-0.2, 0) is 19.1 Å². The van der Waals surface area contributed by atoms with E-state index in [-0.39, 0.29) is 12.5 Å². The number of carbonyl (C=O) groups excluding carboxylic acids is 4. The van der Waals surface area contributed by atoms with Crippen molar-refractivity contribution in [2.45, 2.75) is 20.0 Å². The van der Waals surface area contributed by atoms with Gasteiger partial charge in [0.15, 0.2) is 6.10 Å². The van der Waals surface area contributed by atoms with E-state index in [1.165, 1.54) is 26.0 Å². The van der Waals surface area contributed by atoms with Crippen LogP contribution in [0.25, 0.3) is 0 Å². The van der Waals surface area contributed by atoms with Gasteiger partial charge in [0.1, 0.15) is 6.54 Å². The van der Waals surface area contributed by atoms with Gasteiger partial charge in [-0.15, -0.1) is 0 Å². The third-order valence-electron chi connectivity index (χ3n) is 3.65. The predicted octanol–water partition coefficient (Wildman–Crippen LogP) is 2.60. The average Bonchev–Trinajstić information content (AvgIpc) is 2.67. The van der Waals surface area contributed by atoms with Crippen molar-refractivity contribution < 1.29 is 23.9 Å². The number of hydrogen-bond donors (Lipinski definition) is 3. The van der Waals surface area contributed by atoms with Gasteiger partial charge in [-0.1, -0.05) is 11.6 Å². The quantitative estimate of drug-likeness (QED) is 0.599. The fourth-order valence-corrected chi connectivity index (χ4v) is 2.36. The van der Waals surface area contributed by atoms with Crippen molar-refractivity contribution in [3.8, 4) is 0 Å². The molecule has 2 aromatic rings. The Morgan fingerprint density at radius 1 is 0.931 bits per heavy atom. The van der Waals surface area contributed by atoms with E-state index in [1.54, 1.807) is 36.4 Å². The lowest BCUT2D eigenvalue weighted by molar-refractivity contribution is -0.152. The third-order valence-corrected chi connectivity index (χ3v) is 3.90. The fourth-order valence-electron chi connectivity index (χ4n) is 2.23. The zero-order chi connectivity index (χ0) is 21.4. The second-order valence-electron chi connectivity index (χ2n) is 6.07. The van der Waals surface area contributed by atoms with Crippen LogP contribution in [0.1, 0.15) is 24.2 Å². The molecule has 29 heavy (non-hydrogen) atoms. The molecule has 8 nitrogen and oxygen atoms in total. The van der Waals surface area contributed by atoms with Crippen molar-refractivity contribution >= 4 is 46.7 Å². The van der Waals surface area contributed by atoms with Gasteiger partial charge in [0.2, 0.25) is 5.91 Å². The number of esters is 1. The van der Waals surface area contributed by atoms with Gasteiger partial charge in [-0.05, 0) is 55.5 Å². The van der Waals surface area contributed by atoms with Crippen molar-refractivity contribution in [1.29, 1.82) is 0 Å². The van der Waals surface area contributed by atoms with Crippen LogP contribution < -0.4 is 16.0 Å². The Labute approximate surface area is 172 Å². The highest BCUT2D eigenvalue weighted by molar-refractivity contribution is 6.30. The van der Waals surface area contributed by atoms with Gasteiger partial charge in [-0.25, -0.2) is 0 Å². The van der Waals surface area contributed by atoms with Gasteiger partial charge >= 0.3 is 5.97 Å². The van der Waals surface area contributed by atoms with Crippen molar-refractivity contribution in [2.24, 2.45) is 0 Å². The molecular formula is C20H20ClN3O5. The summed E-state index contributed by atoms with van der Waals surface area (Å²) in [4.78, 5) is 47.0. The van der Waals surface area contributed by atoms with E-state index in [4.69, 9.17) is 16.3 Å². The van der Waals surface area contributed by atoms with E-state index in [0.717, 1.165) is 0 Å². The minimum Gasteiger partial charge on any atom is -0.451 e. The summed E-state index contributed by atoms with van der Waals surface area (Å²) in [6, 6.07) is 12.6. The Bertz CT molecular complexity index is 897. The highest BCUT2D eigenvalue weighted by atomic mass is 35.5. The molecule has 0 unspecified atom stereocenters. The van der Waals surface area contributed by atoms with Crippen LogP contribution in [0, 0.1) is 0 Å². The zero-order valence-corrected chi connectivity index (χ0v) is 16.6. The maximum atomic E-state index is 12.1. The zero-order valence-electron chi connectivity index (χ0n) is 15.8. The first-order valence-electron chi connectivity index (χ1n) is 8.66. The summed E-state index contributed by atoms with van der Waals surface area (Å²) in [5, 5.41) is 8.11. The molecule has 2 aromatic carbocycles. The molecule has 0 fully saturated rings. The van der Waals surface area contributed by atoms with Crippen LogP contribution in [0.5, 0.6) is 0 Å². The molecule has 0 aliphatic rings. The van der Waals surface area contributed by atoms with Crippen LogP contribution in [0.2, 0.25) is 5.02 Å². The number of carbonyl (C=O) groups is 4. The fraction of sp³-hybridized carbons (Fsp3) is 0.200. The first-order chi connectivity index (χ1) is 13.7. The Kier molecular flexibility index (Phi) is 7.73. The minimum absolute atomic E-state index is 0.203. The van der Waals surface area contributed by atoms with E-state index in [0.29, 0.717) is 22.0 Å². The van der Waals surface area contributed by atoms with Crippen molar-refractivity contribution in [3.05, 3.63) is 59.1 Å². The van der Waals surface area contributed by atoms with Crippen LogP contribution in [-0.4, -0.2) is 36.3 Å². The number of nitrogens with one attached hydrogen (secondary N) is 3. The summed E-state index contributed by atoms with van der Waals surface area (Å²) >= 11 is 5.76. The topological polar surface area (TPSA) is 114 Å². The van der Waals surface area contributed by atoms with Gasteiger partial charge < -0.3 is 20.7 Å². The lowest BCUT2D eigenvalue weighted by atomic mass is 10.2. The second-order valence-corrected chi connectivity index (χ2v) is 6.51. The Morgan fingerprint density at radius 2 is 1.48 bits per heavy atom. The minimum atomic E-state index is -1.06. The summed E-state index contributed by atoms with van der Waals surface area (Å²) in [6.45, 7) is 2.42. The van der Waals surface area contributed by atoms with Crippen LogP contribution in [0.3, 0.4) is 0 Å².